The minimum Gasteiger partial charge on any atom is -0.422 e. The van der Waals surface area contributed by atoms with Gasteiger partial charge in [-0.05, 0) is 30.7 Å². The van der Waals surface area contributed by atoms with Gasteiger partial charge in [-0.2, -0.15) is 9.61 Å². The molecule has 0 aliphatic heterocycles. The molecule has 0 fully saturated rings. The van der Waals surface area contributed by atoms with Crippen molar-refractivity contribution in [2.75, 3.05) is 0 Å². The molecule has 0 atom stereocenters. The van der Waals surface area contributed by atoms with E-state index in [9.17, 15) is 4.79 Å². The molecule has 4 rings (SSSR count). The molecule has 0 amide bonds. The van der Waals surface area contributed by atoms with Crippen LogP contribution in [-0.4, -0.2) is 19.8 Å². The summed E-state index contributed by atoms with van der Waals surface area (Å²) in [6, 6.07) is 7.31. The van der Waals surface area contributed by atoms with Crippen molar-refractivity contribution in [2.24, 2.45) is 0 Å². The Balaban J connectivity index is 1.91. The smallest absolute Gasteiger partial charge is 0.346 e. The standard InChI is InChI=1S/C15H11BrN4O2S/c1-2-3-12-17-18-15-20(12)19-13(23-15)10-7-8-6-9(16)4-5-11(8)22-14(10)21/h4-7H,2-3H2,1H3. The quantitative estimate of drug-likeness (QED) is 0.498. The third kappa shape index (κ3) is 2.47. The molecule has 0 aliphatic carbocycles. The molecular formula is C15H11BrN4O2S. The second kappa shape index (κ2) is 5.54. The zero-order chi connectivity index (χ0) is 16.0. The first-order valence-electron chi connectivity index (χ1n) is 7.10. The van der Waals surface area contributed by atoms with E-state index in [2.05, 4.69) is 38.1 Å². The molecule has 6 nitrogen and oxygen atoms in total. The van der Waals surface area contributed by atoms with Gasteiger partial charge in [0.1, 0.15) is 5.58 Å². The minimum atomic E-state index is -0.401. The SMILES string of the molecule is CCCc1nnc2sc(-c3cc4cc(Br)ccc4oc3=O)nn12. The highest BCUT2D eigenvalue weighted by molar-refractivity contribution is 9.10. The summed E-state index contributed by atoms with van der Waals surface area (Å²) in [6.07, 6.45) is 1.75. The van der Waals surface area contributed by atoms with Crippen LogP contribution in [0.25, 0.3) is 26.5 Å². The van der Waals surface area contributed by atoms with E-state index in [1.54, 1.807) is 16.6 Å². The lowest BCUT2D eigenvalue weighted by atomic mass is 10.2. The summed E-state index contributed by atoms with van der Waals surface area (Å²) < 4.78 is 8.02. The van der Waals surface area contributed by atoms with Crippen LogP contribution in [0.4, 0.5) is 0 Å². The monoisotopic (exact) mass is 390 g/mol. The highest BCUT2D eigenvalue weighted by atomic mass is 79.9. The van der Waals surface area contributed by atoms with Crippen molar-refractivity contribution in [3.63, 3.8) is 0 Å². The van der Waals surface area contributed by atoms with Gasteiger partial charge in [-0.3, -0.25) is 0 Å². The predicted molar refractivity (Wildman–Crippen MR) is 91.8 cm³/mol. The number of benzene rings is 1. The summed E-state index contributed by atoms with van der Waals surface area (Å²) in [5.41, 5.74) is 0.590. The Morgan fingerprint density at radius 3 is 3.00 bits per heavy atom. The van der Waals surface area contributed by atoms with E-state index in [0.29, 0.717) is 21.1 Å². The number of aryl methyl sites for hydroxylation is 1. The van der Waals surface area contributed by atoms with Crippen LogP contribution in [0.3, 0.4) is 0 Å². The second-order valence-electron chi connectivity index (χ2n) is 5.10. The first-order valence-corrected chi connectivity index (χ1v) is 8.71. The van der Waals surface area contributed by atoms with Gasteiger partial charge in [0, 0.05) is 16.3 Å². The lowest BCUT2D eigenvalue weighted by molar-refractivity contribution is 0.563. The maximum atomic E-state index is 12.3. The van der Waals surface area contributed by atoms with Crippen molar-refractivity contribution in [2.45, 2.75) is 19.8 Å². The van der Waals surface area contributed by atoms with Crippen molar-refractivity contribution >= 4 is 43.2 Å². The van der Waals surface area contributed by atoms with Crippen molar-refractivity contribution in [1.29, 1.82) is 0 Å². The van der Waals surface area contributed by atoms with Crippen LogP contribution in [0.2, 0.25) is 0 Å². The molecule has 0 saturated heterocycles. The van der Waals surface area contributed by atoms with E-state index in [4.69, 9.17) is 4.42 Å². The Morgan fingerprint density at radius 2 is 2.17 bits per heavy atom. The third-order valence-corrected chi connectivity index (χ3v) is 4.88. The Bertz CT molecular complexity index is 1080. The fourth-order valence-corrected chi connectivity index (χ4v) is 3.63. The van der Waals surface area contributed by atoms with Crippen LogP contribution in [-0.2, 0) is 6.42 Å². The highest BCUT2D eigenvalue weighted by Gasteiger charge is 2.16. The van der Waals surface area contributed by atoms with Gasteiger partial charge in [-0.25, -0.2) is 4.79 Å². The number of halogens is 1. The van der Waals surface area contributed by atoms with Crippen LogP contribution in [0.1, 0.15) is 19.2 Å². The first kappa shape index (κ1) is 14.5. The normalized spacial score (nSPS) is 11.6. The van der Waals surface area contributed by atoms with Gasteiger partial charge >= 0.3 is 5.63 Å². The van der Waals surface area contributed by atoms with Crippen molar-refractivity contribution in [1.82, 2.24) is 19.8 Å². The lowest BCUT2D eigenvalue weighted by Gasteiger charge is -1.99. The first-order chi connectivity index (χ1) is 11.2. The molecule has 23 heavy (non-hydrogen) atoms. The van der Waals surface area contributed by atoms with E-state index in [1.165, 1.54) is 11.3 Å². The average Bonchev–Trinajstić information content (AvgIpc) is 3.09. The average molecular weight is 391 g/mol. The van der Waals surface area contributed by atoms with Gasteiger partial charge in [0.2, 0.25) is 4.96 Å². The molecule has 0 saturated carbocycles. The fraction of sp³-hybridized carbons (Fsp3) is 0.200. The van der Waals surface area contributed by atoms with Crippen molar-refractivity contribution in [3.8, 4) is 10.6 Å². The number of hydrogen-bond acceptors (Lipinski definition) is 6. The Morgan fingerprint density at radius 1 is 1.30 bits per heavy atom. The number of hydrogen-bond donors (Lipinski definition) is 0. The van der Waals surface area contributed by atoms with Gasteiger partial charge in [0.25, 0.3) is 0 Å². The fourth-order valence-electron chi connectivity index (χ4n) is 2.39. The van der Waals surface area contributed by atoms with Gasteiger partial charge in [0.15, 0.2) is 10.8 Å². The minimum absolute atomic E-state index is 0.401. The second-order valence-corrected chi connectivity index (χ2v) is 6.97. The topological polar surface area (TPSA) is 73.3 Å². The maximum absolute atomic E-state index is 12.3. The van der Waals surface area contributed by atoms with E-state index in [0.717, 1.165) is 28.5 Å². The van der Waals surface area contributed by atoms with E-state index in [1.807, 2.05) is 12.1 Å². The molecule has 0 bridgehead atoms. The van der Waals surface area contributed by atoms with E-state index >= 15 is 0 Å². The summed E-state index contributed by atoms with van der Waals surface area (Å²) in [7, 11) is 0. The van der Waals surface area contributed by atoms with Crippen molar-refractivity contribution in [3.05, 3.63) is 45.0 Å². The van der Waals surface area contributed by atoms with Crippen LogP contribution in [0, 0.1) is 0 Å². The summed E-state index contributed by atoms with van der Waals surface area (Å²) in [4.78, 5) is 12.9. The molecule has 0 unspecified atom stereocenters. The lowest BCUT2D eigenvalue weighted by Crippen LogP contribution is -2.03. The van der Waals surface area contributed by atoms with Gasteiger partial charge in [-0.15, -0.1) is 10.2 Å². The summed E-state index contributed by atoms with van der Waals surface area (Å²) in [5.74, 6) is 0.804. The summed E-state index contributed by atoms with van der Waals surface area (Å²) in [5, 5.41) is 14.2. The van der Waals surface area contributed by atoms with Gasteiger partial charge < -0.3 is 4.42 Å². The zero-order valence-corrected chi connectivity index (χ0v) is 14.5. The van der Waals surface area contributed by atoms with Gasteiger partial charge in [-0.1, -0.05) is 34.2 Å². The number of nitrogens with zero attached hydrogens (tertiary/aromatic N) is 4. The molecule has 0 N–H and O–H groups in total. The van der Waals surface area contributed by atoms with E-state index < -0.39 is 5.63 Å². The van der Waals surface area contributed by atoms with Crippen LogP contribution in [0.5, 0.6) is 0 Å². The molecule has 3 aromatic heterocycles. The molecular weight excluding hydrogens is 380 g/mol. The predicted octanol–water partition coefficient (Wildman–Crippen LogP) is 3.67. The molecule has 0 spiro atoms. The van der Waals surface area contributed by atoms with Crippen LogP contribution >= 0.6 is 27.3 Å². The molecule has 116 valence electrons. The number of fused-ring (bicyclic) bond motifs is 2. The maximum Gasteiger partial charge on any atom is 0.346 e. The zero-order valence-electron chi connectivity index (χ0n) is 12.1. The van der Waals surface area contributed by atoms with Crippen LogP contribution < -0.4 is 5.63 Å². The number of rotatable bonds is 3. The summed E-state index contributed by atoms with van der Waals surface area (Å²) in [6.45, 7) is 2.07. The largest absolute Gasteiger partial charge is 0.422 e. The van der Waals surface area contributed by atoms with Crippen molar-refractivity contribution < 1.29 is 4.42 Å². The molecule has 1 aromatic carbocycles. The molecule has 4 aromatic rings. The molecule has 0 aliphatic rings. The molecule has 0 radical (unpaired) electrons. The number of aromatic nitrogens is 4. The Labute approximate surface area is 142 Å². The van der Waals surface area contributed by atoms with Gasteiger partial charge in [0.05, 0.1) is 5.56 Å². The Kier molecular flexibility index (Phi) is 3.50. The molecule has 3 heterocycles. The Hall–Kier alpha value is -2.06. The van der Waals surface area contributed by atoms with Crippen LogP contribution in [0.15, 0.2) is 37.9 Å². The summed E-state index contributed by atoms with van der Waals surface area (Å²) >= 11 is 4.76. The molecule has 8 heteroatoms. The highest BCUT2D eigenvalue weighted by Crippen LogP contribution is 2.27. The van der Waals surface area contributed by atoms with E-state index in [-0.39, 0.29) is 0 Å². The third-order valence-electron chi connectivity index (χ3n) is 3.45.